The molecule has 2 aliphatic heterocycles. The highest BCUT2D eigenvalue weighted by molar-refractivity contribution is 14.0. The van der Waals surface area contributed by atoms with Crippen molar-refractivity contribution in [2.45, 2.75) is 26.0 Å². The number of rotatable bonds is 6. The first-order valence-electron chi connectivity index (χ1n) is 9.05. The Morgan fingerprint density at radius 1 is 1.25 bits per heavy atom. The summed E-state index contributed by atoms with van der Waals surface area (Å²) in [6.45, 7) is 0.459. The fourth-order valence-corrected chi connectivity index (χ4v) is 3.22. The van der Waals surface area contributed by atoms with E-state index in [1.165, 1.54) is 6.07 Å². The minimum absolute atomic E-state index is 0. The molecule has 0 spiro atoms. The largest absolute Gasteiger partial charge is 0.454 e. The first kappa shape index (κ1) is 22.7. The summed E-state index contributed by atoms with van der Waals surface area (Å²) in [5, 5.41) is 6.46. The van der Waals surface area contributed by atoms with Crippen LogP contribution in [0.3, 0.4) is 0 Å². The molecule has 158 valence electrons. The van der Waals surface area contributed by atoms with Gasteiger partial charge in [-0.15, -0.1) is 24.0 Å². The van der Waals surface area contributed by atoms with Crippen molar-refractivity contribution in [1.82, 2.24) is 15.5 Å². The smallest absolute Gasteiger partial charge is 0.387 e. The third-order valence-electron chi connectivity index (χ3n) is 4.84. The van der Waals surface area contributed by atoms with E-state index in [2.05, 4.69) is 32.3 Å². The van der Waals surface area contributed by atoms with Crippen LogP contribution in [0.25, 0.3) is 0 Å². The molecule has 7 nitrogen and oxygen atoms in total. The van der Waals surface area contributed by atoms with Gasteiger partial charge < -0.3 is 29.7 Å². The van der Waals surface area contributed by atoms with E-state index in [1.54, 1.807) is 13.1 Å². The lowest BCUT2D eigenvalue weighted by Gasteiger charge is -2.29. The molecule has 2 heterocycles. The van der Waals surface area contributed by atoms with E-state index in [-0.39, 0.29) is 43.1 Å². The van der Waals surface area contributed by atoms with Crippen LogP contribution in [0.2, 0.25) is 0 Å². The van der Waals surface area contributed by atoms with Crippen molar-refractivity contribution in [2.75, 3.05) is 40.5 Å². The van der Waals surface area contributed by atoms with Crippen LogP contribution in [-0.2, 0) is 6.54 Å². The average molecular weight is 512 g/mol. The summed E-state index contributed by atoms with van der Waals surface area (Å²) in [6, 6.07) is 3.08. The fraction of sp³-hybridized carbons (Fsp3) is 0.611. The molecule has 0 saturated carbocycles. The average Bonchev–Trinajstić information content (AvgIpc) is 3.10. The molecule has 28 heavy (non-hydrogen) atoms. The van der Waals surface area contributed by atoms with Gasteiger partial charge in [0, 0.05) is 31.8 Å². The molecule has 0 aromatic heterocycles. The Bertz CT molecular complexity index is 670. The molecular weight excluding hydrogens is 485 g/mol. The van der Waals surface area contributed by atoms with Gasteiger partial charge in [-0.25, -0.2) is 0 Å². The van der Waals surface area contributed by atoms with Crippen LogP contribution in [0.5, 0.6) is 17.2 Å². The lowest BCUT2D eigenvalue weighted by Crippen LogP contribution is -2.42. The zero-order valence-corrected chi connectivity index (χ0v) is 18.4. The number of hydrogen-bond acceptors (Lipinski definition) is 5. The Kier molecular flexibility index (Phi) is 8.80. The van der Waals surface area contributed by atoms with E-state index in [0.717, 1.165) is 32.5 Å². The van der Waals surface area contributed by atoms with Gasteiger partial charge in [0.2, 0.25) is 6.79 Å². The van der Waals surface area contributed by atoms with E-state index in [9.17, 15) is 8.78 Å². The van der Waals surface area contributed by atoms with Crippen molar-refractivity contribution in [2.24, 2.45) is 10.9 Å². The minimum Gasteiger partial charge on any atom is -0.454 e. The second kappa shape index (κ2) is 10.8. The Hall–Kier alpha value is -1.56. The highest BCUT2D eigenvalue weighted by atomic mass is 127. The molecule has 0 atom stereocenters. The number of guanidine groups is 1. The van der Waals surface area contributed by atoms with Crippen LogP contribution in [0.1, 0.15) is 18.4 Å². The predicted octanol–water partition coefficient (Wildman–Crippen LogP) is 2.64. The number of aliphatic imine (C=N–C) groups is 1. The molecule has 2 N–H and O–H groups in total. The van der Waals surface area contributed by atoms with Crippen LogP contribution in [0.4, 0.5) is 8.78 Å². The topological polar surface area (TPSA) is 67.4 Å². The number of likely N-dealkylation sites (tertiary alicyclic amines) is 1. The number of piperidine rings is 1. The number of nitrogens with one attached hydrogen (secondary N) is 2. The molecule has 2 aliphatic rings. The van der Waals surface area contributed by atoms with Gasteiger partial charge in [0.25, 0.3) is 0 Å². The Balaban J connectivity index is 0.00000280. The van der Waals surface area contributed by atoms with Crippen molar-refractivity contribution >= 4 is 29.9 Å². The second-order valence-electron chi connectivity index (χ2n) is 6.75. The van der Waals surface area contributed by atoms with Gasteiger partial charge in [-0.2, -0.15) is 8.78 Å². The van der Waals surface area contributed by atoms with Gasteiger partial charge in [-0.1, -0.05) is 0 Å². The lowest BCUT2D eigenvalue weighted by atomic mass is 9.97. The van der Waals surface area contributed by atoms with Crippen molar-refractivity contribution in [3.8, 4) is 17.2 Å². The van der Waals surface area contributed by atoms with Crippen molar-refractivity contribution < 1.29 is 23.0 Å². The molecule has 1 saturated heterocycles. The quantitative estimate of drug-likeness (QED) is 0.347. The molecule has 3 rings (SSSR count). The molecule has 0 aliphatic carbocycles. The molecule has 1 aromatic rings. The number of benzene rings is 1. The zero-order valence-electron chi connectivity index (χ0n) is 16.0. The lowest BCUT2D eigenvalue weighted by molar-refractivity contribution is -0.0505. The normalized spacial score (nSPS) is 17.4. The van der Waals surface area contributed by atoms with Crippen molar-refractivity contribution in [3.63, 3.8) is 0 Å². The van der Waals surface area contributed by atoms with E-state index in [4.69, 9.17) is 9.47 Å². The molecule has 0 amide bonds. The van der Waals surface area contributed by atoms with Crippen LogP contribution in [0.15, 0.2) is 17.1 Å². The van der Waals surface area contributed by atoms with Gasteiger partial charge in [0.1, 0.15) is 5.75 Å². The summed E-state index contributed by atoms with van der Waals surface area (Å²) in [5.41, 5.74) is 0.543. The zero-order chi connectivity index (χ0) is 19.2. The number of nitrogens with zero attached hydrogens (tertiary/aromatic N) is 2. The second-order valence-corrected chi connectivity index (χ2v) is 6.75. The van der Waals surface area contributed by atoms with Gasteiger partial charge in [-0.3, -0.25) is 4.99 Å². The summed E-state index contributed by atoms with van der Waals surface area (Å²) in [7, 11) is 3.81. The molecule has 1 aromatic carbocycles. The van der Waals surface area contributed by atoms with E-state index in [1.807, 2.05) is 0 Å². The maximum atomic E-state index is 12.7. The Labute approximate surface area is 180 Å². The third kappa shape index (κ3) is 6.23. The number of halogens is 3. The summed E-state index contributed by atoms with van der Waals surface area (Å²) in [6.07, 6.45) is 2.30. The number of fused-ring (bicyclic) bond motifs is 1. The van der Waals surface area contributed by atoms with Crippen molar-refractivity contribution in [3.05, 3.63) is 17.7 Å². The SMILES string of the molecule is CN=C(NCc1cc2c(cc1OC(F)F)OCO2)NCC1CCN(C)CC1.I. The van der Waals surface area contributed by atoms with E-state index in [0.29, 0.717) is 28.9 Å². The standard InChI is InChI=1S/C18H26F2N4O3.HI/c1-21-18(22-9-12-3-5-24(2)6-4-12)23-10-13-7-15-16(26-11-25-15)8-14(13)27-17(19)20;/h7-8,12,17H,3-6,9-11H2,1-2H3,(H2,21,22,23);1H. The molecule has 0 radical (unpaired) electrons. The highest BCUT2D eigenvalue weighted by Gasteiger charge is 2.21. The van der Waals surface area contributed by atoms with E-state index < -0.39 is 6.61 Å². The van der Waals surface area contributed by atoms with Crippen molar-refractivity contribution in [1.29, 1.82) is 0 Å². The Morgan fingerprint density at radius 3 is 2.57 bits per heavy atom. The van der Waals surface area contributed by atoms with E-state index >= 15 is 0 Å². The summed E-state index contributed by atoms with van der Waals surface area (Å²) < 4.78 is 40.6. The first-order chi connectivity index (χ1) is 13.0. The molecule has 0 bridgehead atoms. The molecule has 0 unspecified atom stereocenters. The summed E-state index contributed by atoms with van der Waals surface area (Å²) in [4.78, 5) is 6.53. The van der Waals surface area contributed by atoms with Gasteiger partial charge in [0.15, 0.2) is 17.5 Å². The monoisotopic (exact) mass is 512 g/mol. The van der Waals surface area contributed by atoms with Crippen LogP contribution in [0, 0.1) is 5.92 Å². The summed E-state index contributed by atoms with van der Waals surface area (Å²) >= 11 is 0. The van der Waals surface area contributed by atoms with Gasteiger partial charge in [0.05, 0.1) is 0 Å². The third-order valence-corrected chi connectivity index (χ3v) is 4.84. The predicted molar refractivity (Wildman–Crippen MR) is 113 cm³/mol. The fourth-order valence-electron chi connectivity index (χ4n) is 3.22. The number of alkyl halides is 2. The molecule has 10 heteroatoms. The number of hydrogen-bond donors (Lipinski definition) is 2. The maximum Gasteiger partial charge on any atom is 0.387 e. The van der Waals surface area contributed by atoms with Crippen LogP contribution >= 0.6 is 24.0 Å². The highest BCUT2D eigenvalue weighted by Crippen LogP contribution is 2.38. The first-order valence-corrected chi connectivity index (χ1v) is 9.05. The van der Waals surface area contributed by atoms with Crippen LogP contribution < -0.4 is 24.8 Å². The maximum absolute atomic E-state index is 12.7. The Morgan fingerprint density at radius 2 is 1.93 bits per heavy atom. The van der Waals surface area contributed by atoms with Gasteiger partial charge in [-0.05, 0) is 45.0 Å². The number of ether oxygens (including phenoxy) is 3. The molecule has 1 fully saturated rings. The minimum atomic E-state index is -2.91. The molecular formula is C18H27F2IN4O3. The van der Waals surface area contributed by atoms with Crippen LogP contribution in [-0.4, -0.2) is 58.0 Å². The van der Waals surface area contributed by atoms with Gasteiger partial charge >= 0.3 is 6.61 Å². The summed E-state index contributed by atoms with van der Waals surface area (Å²) in [5.74, 6) is 2.20.